The standard InChI is InChI=1S/C13H16O3/c1-3-10(2)13(15)16-9-12(14)11-7-5-4-6-8-11/h3-8,12,14H,9H2,1-2H3. The van der Waals surface area contributed by atoms with Crippen molar-refractivity contribution in [3.63, 3.8) is 0 Å². The molecular formula is C13H16O3. The fourth-order valence-corrected chi connectivity index (χ4v) is 1.16. The largest absolute Gasteiger partial charge is 0.459 e. The van der Waals surface area contributed by atoms with Crippen LogP contribution in [0.3, 0.4) is 0 Å². The summed E-state index contributed by atoms with van der Waals surface area (Å²) in [5.74, 6) is -0.391. The predicted molar refractivity (Wildman–Crippen MR) is 61.8 cm³/mol. The average Bonchev–Trinajstić information content (AvgIpc) is 2.35. The molecule has 3 nitrogen and oxygen atoms in total. The molecule has 3 heteroatoms. The van der Waals surface area contributed by atoms with Gasteiger partial charge in [0.25, 0.3) is 0 Å². The smallest absolute Gasteiger partial charge is 0.333 e. The summed E-state index contributed by atoms with van der Waals surface area (Å²) >= 11 is 0. The Morgan fingerprint density at radius 2 is 2.06 bits per heavy atom. The first-order chi connectivity index (χ1) is 7.65. The van der Waals surface area contributed by atoms with E-state index in [1.54, 1.807) is 32.1 Å². The van der Waals surface area contributed by atoms with Gasteiger partial charge in [-0.15, -0.1) is 0 Å². The molecule has 0 aromatic heterocycles. The molecule has 0 amide bonds. The fraction of sp³-hybridized carbons (Fsp3) is 0.308. The van der Waals surface area contributed by atoms with Gasteiger partial charge < -0.3 is 9.84 Å². The maximum atomic E-state index is 11.3. The van der Waals surface area contributed by atoms with Crippen LogP contribution in [0, 0.1) is 0 Å². The predicted octanol–water partition coefficient (Wildman–Crippen LogP) is 2.23. The maximum Gasteiger partial charge on any atom is 0.333 e. The van der Waals surface area contributed by atoms with E-state index in [4.69, 9.17) is 4.74 Å². The van der Waals surface area contributed by atoms with Crippen LogP contribution in [-0.4, -0.2) is 17.7 Å². The Hall–Kier alpha value is -1.61. The van der Waals surface area contributed by atoms with E-state index in [9.17, 15) is 9.90 Å². The lowest BCUT2D eigenvalue weighted by atomic mass is 10.1. The van der Waals surface area contributed by atoms with Gasteiger partial charge in [-0.05, 0) is 19.4 Å². The van der Waals surface area contributed by atoms with Crippen LogP contribution < -0.4 is 0 Å². The third-order valence-electron chi connectivity index (χ3n) is 2.31. The van der Waals surface area contributed by atoms with Gasteiger partial charge in [0.2, 0.25) is 0 Å². The number of ether oxygens (including phenoxy) is 1. The van der Waals surface area contributed by atoms with Crippen molar-refractivity contribution in [2.24, 2.45) is 0 Å². The molecule has 0 radical (unpaired) electrons. The third kappa shape index (κ3) is 3.51. The quantitative estimate of drug-likeness (QED) is 0.625. The lowest BCUT2D eigenvalue weighted by molar-refractivity contribution is -0.142. The summed E-state index contributed by atoms with van der Waals surface area (Å²) < 4.78 is 4.95. The Morgan fingerprint density at radius 3 is 2.62 bits per heavy atom. The molecule has 0 aliphatic heterocycles. The van der Waals surface area contributed by atoms with E-state index in [1.165, 1.54) is 0 Å². The number of allylic oxidation sites excluding steroid dienone is 1. The number of hydrogen-bond donors (Lipinski definition) is 1. The molecule has 1 atom stereocenters. The summed E-state index contributed by atoms with van der Waals surface area (Å²) in [6, 6.07) is 9.11. The zero-order valence-electron chi connectivity index (χ0n) is 9.51. The second kappa shape index (κ2) is 6.08. The number of rotatable bonds is 4. The Bertz CT molecular complexity index is 368. The van der Waals surface area contributed by atoms with Gasteiger partial charge in [0.05, 0.1) is 0 Å². The Morgan fingerprint density at radius 1 is 1.44 bits per heavy atom. The van der Waals surface area contributed by atoms with Crippen molar-refractivity contribution in [2.75, 3.05) is 6.61 Å². The highest BCUT2D eigenvalue weighted by molar-refractivity contribution is 5.87. The molecule has 1 aromatic rings. The van der Waals surface area contributed by atoms with Gasteiger partial charge in [0.1, 0.15) is 12.7 Å². The van der Waals surface area contributed by atoms with Crippen LogP contribution in [0.4, 0.5) is 0 Å². The molecule has 0 saturated heterocycles. The number of esters is 1. The zero-order valence-corrected chi connectivity index (χ0v) is 9.51. The van der Waals surface area contributed by atoms with E-state index in [2.05, 4.69) is 0 Å². The number of aliphatic hydroxyl groups is 1. The van der Waals surface area contributed by atoms with E-state index < -0.39 is 12.1 Å². The van der Waals surface area contributed by atoms with Crippen LogP contribution in [0.25, 0.3) is 0 Å². The number of benzene rings is 1. The maximum absolute atomic E-state index is 11.3. The Balaban J connectivity index is 2.48. The second-order valence-corrected chi connectivity index (χ2v) is 3.50. The molecule has 0 bridgehead atoms. The van der Waals surface area contributed by atoms with Crippen LogP contribution in [0.5, 0.6) is 0 Å². The molecule has 1 aromatic carbocycles. The van der Waals surface area contributed by atoms with E-state index in [0.717, 1.165) is 5.56 Å². The normalized spacial score (nSPS) is 13.3. The molecular weight excluding hydrogens is 204 g/mol. The highest BCUT2D eigenvalue weighted by Crippen LogP contribution is 2.12. The van der Waals surface area contributed by atoms with E-state index in [1.807, 2.05) is 18.2 Å². The first kappa shape index (κ1) is 12.5. The lowest BCUT2D eigenvalue weighted by Gasteiger charge is -2.11. The van der Waals surface area contributed by atoms with Gasteiger partial charge >= 0.3 is 5.97 Å². The Kier molecular flexibility index (Phi) is 4.73. The van der Waals surface area contributed by atoms with Crippen LogP contribution in [0.1, 0.15) is 25.5 Å². The molecule has 1 unspecified atom stereocenters. The summed E-state index contributed by atoms with van der Waals surface area (Å²) in [6.07, 6.45) is 0.909. The van der Waals surface area contributed by atoms with Gasteiger partial charge in [0, 0.05) is 5.57 Å². The summed E-state index contributed by atoms with van der Waals surface area (Å²) in [5.41, 5.74) is 1.29. The minimum Gasteiger partial charge on any atom is -0.459 e. The molecule has 0 spiro atoms. The average molecular weight is 220 g/mol. The van der Waals surface area contributed by atoms with Gasteiger partial charge in [0.15, 0.2) is 0 Å². The van der Waals surface area contributed by atoms with Crippen molar-refractivity contribution in [2.45, 2.75) is 20.0 Å². The molecule has 0 aliphatic carbocycles. The summed E-state index contributed by atoms with van der Waals surface area (Å²) in [4.78, 5) is 11.3. The molecule has 16 heavy (non-hydrogen) atoms. The first-order valence-corrected chi connectivity index (χ1v) is 5.18. The highest BCUT2D eigenvalue weighted by atomic mass is 16.5. The van der Waals surface area contributed by atoms with Crippen molar-refractivity contribution in [1.29, 1.82) is 0 Å². The topological polar surface area (TPSA) is 46.5 Å². The monoisotopic (exact) mass is 220 g/mol. The summed E-state index contributed by atoms with van der Waals surface area (Å²) in [6.45, 7) is 3.43. The SMILES string of the molecule is CC=C(C)C(=O)OCC(O)c1ccccc1. The van der Waals surface area contributed by atoms with Gasteiger partial charge in [-0.25, -0.2) is 4.79 Å². The zero-order chi connectivity index (χ0) is 12.0. The number of hydrogen-bond acceptors (Lipinski definition) is 3. The Labute approximate surface area is 95.4 Å². The van der Waals surface area contributed by atoms with Crippen molar-refractivity contribution in [3.8, 4) is 0 Å². The number of carbonyl (C=O) groups excluding carboxylic acids is 1. The molecule has 0 aliphatic rings. The molecule has 0 fully saturated rings. The molecule has 0 heterocycles. The van der Waals surface area contributed by atoms with Crippen molar-refractivity contribution < 1.29 is 14.6 Å². The molecule has 1 N–H and O–H groups in total. The van der Waals surface area contributed by atoms with Crippen LogP contribution in [0.2, 0.25) is 0 Å². The minimum absolute atomic E-state index is 0.0198. The summed E-state index contributed by atoms with van der Waals surface area (Å²) in [5, 5.41) is 9.73. The van der Waals surface area contributed by atoms with E-state index in [0.29, 0.717) is 5.57 Å². The van der Waals surface area contributed by atoms with Gasteiger partial charge in [-0.3, -0.25) is 0 Å². The highest BCUT2D eigenvalue weighted by Gasteiger charge is 2.11. The van der Waals surface area contributed by atoms with Crippen molar-refractivity contribution in [1.82, 2.24) is 0 Å². The van der Waals surface area contributed by atoms with Crippen molar-refractivity contribution in [3.05, 3.63) is 47.5 Å². The number of carbonyl (C=O) groups is 1. The number of aliphatic hydroxyl groups excluding tert-OH is 1. The summed E-state index contributed by atoms with van der Waals surface area (Å²) in [7, 11) is 0. The van der Waals surface area contributed by atoms with E-state index in [-0.39, 0.29) is 6.61 Å². The van der Waals surface area contributed by atoms with Gasteiger partial charge in [-0.2, -0.15) is 0 Å². The molecule has 86 valence electrons. The van der Waals surface area contributed by atoms with E-state index >= 15 is 0 Å². The minimum atomic E-state index is -0.769. The lowest BCUT2D eigenvalue weighted by Crippen LogP contribution is -2.13. The van der Waals surface area contributed by atoms with Crippen LogP contribution in [-0.2, 0) is 9.53 Å². The second-order valence-electron chi connectivity index (χ2n) is 3.50. The fourth-order valence-electron chi connectivity index (χ4n) is 1.16. The van der Waals surface area contributed by atoms with Crippen LogP contribution >= 0.6 is 0 Å². The first-order valence-electron chi connectivity index (χ1n) is 5.18. The van der Waals surface area contributed by atoms with Crippen molar-refractivity contribution >= 4 is 5.97 Å². The molecule has 1 rings (SSSR count). The third-order valence-corrected chi connectivity index (χ3v) is 2.31. The van der Waals surface area contributed by atoms with Crippen LogP contribution in [0.15, 0.2) is 42.0 Å². The van der Waals surface area contributed by atoms with Gasteiger partial charge in [-0.1, -0.05) is 36.4 Å². The molecule has 0 saturated carbocycles.